The van der Waals surface area contributed by atoms with Gasteiger partial charge >= 0.3 is 0 Å². The number of hydrogen-bond acceptors (Lipinski definition) is 5. The molecule has 0 saturated carbocycles. The predicted molar refractivity (Wildman–Crippen MR) is 47.7 cm³/mol. The molecule has 1 aromatic rings. The smallest absolute Gasteiger partial charge is 0.195 e. The zero-order valence-corrected chi connectivity index (χ0v) is 7.37. The second-order valence-corrected chi connectivity index (χ2v) is 2.80. The van der Waals surface area contributed by atoms with E-state index in [0.29, 0.717) is 0 Å². The minimum atomic E-state index is -1.61. The highest BCUT2D eigenvalue weighted by molar-refractivity contribution is 5.99. The van der Waals surface area contributed by atoms with E-state index in [4.69, 9.17) is 10.2 Å². The van der Waals surface area contributed by atoms with Crippen LogP contribution in [-0.4, -0.2) is 44.9 Å². The maximum atomic E-state index is 11.4. The molecule has 0 fully saturated rings. The number of pyridine rings is 1. The Morgan fingerprint density at radius 3 is 2.71 bits per heavy atom. The van der Waals surface area contributed by atoms with Gasteiger partial charge in [0.2, 0.25) is 0 Å². The number of aliphatic hydroxyl groups is 3. The van der Waals surface area contributed by atoms with Crippen LogP contribution >= 0.6 is 0 Å². The van der Waals surface area contributed by atoms with Crippen molar-refractivity contribution in [2.75, 3.05) is 6.61 Å². The number of Topliss-reactive ketones (excluding diaryl/α,β-unsaturated/α-hetero) is 1. The fourth-order valence-corrected chi connectivity index (χ4v) is 0.954. The van der Waals surface area contributed by atoms with Crippen molar-refractivity contribution in [1.29, 1.82) is 0 Å². The number of rotatable bonds is 4. The molecule has 5 heteroatoms. The van der Waals surface area contributed by atoms with Crippen LogP contribution in [0.15, 0.2) is 24.5 Å². The van der Waals surface area contributed by atoms with E-state index in [1.165, 1.54) is 18.5 Å². The lowest BCUT2D eigenvalue weighted by Gasteiger charge is -2.13. The summed E-state index contributed by atoms with van der Waals surface area (Å²) in [5, 5.41) is 26.8. The Hall–Kier alpha value is -1.30. The first-order chi connectivity index (χ1) is 6.66. The van der Waals surface area contributed by atoms with Crippen molar-refractivity contribution in [1.82, 2.24) is 4.98 Å². The maximum Gasteiger partial charge on any atom is 0.195 e. The summed E-state index contributed by atoms with van der Waals surface area (Å²) < 4.78 is 0. The summed E-state index contributed by atoms with van der Waals surface area (Å²) in [6.45, 7) is -0.660. The van der Waals surface area contributed by atoms with Crippen molar-refractivity contribution in [3.8, 4) is 0 Å². The van der Waals surface area contributed by atoms with Gasteiger partial charge in [0.1, 0.15) is 12.2 Å². The van der Waals surface area contributed by atoms with E-state index in [-0.39, 0.29) is 5.56 Å². The Balaban J connectivity index is 2.76. The van der Waals surface area contributed by atoms with Crippen molar-refractivity contribution in [3.05, 3.63) is 30.1 Å². The molecule has 5 nitrogen and oxygen atoms in total. The van der Waals surface area contributed by atoms with E-state index in [1.54, 1.807) is 6.07 Å². The molecule has 2 unspecified atom stereocenters. The van der Waals surface area contributed by atoms with Gasteiger partial charge in [0.05, 0.1) is 6.61 Å². The summed E-state index contributed by atoms with van der Waals surface area (Å²) in [5.41, 5.74) is 0.201. The molecule has 0 aromatic carbocycles. The second kappa shape index (κ2) is 4.80. The first-order valence-corrected chi connectivity index (χ1v) is 4.08. The summed E-state index contributed by atoms with van der Waals surface area (Å²) in [4.78, 5) is 15.1. The highest BCUT2D eigenvalue weighted by Crippen LogP contribution is 2.04. The normalized spacial score (nSPS) is 14.8. The van der Waals surface area contributed by atoms with Gasteiger partial charge in [0, 0.05) is 18.0 Å². The lowest BCUT2D eigenvalue weighted by Crippen LogP contribution is -2.36. The van der Waals surface area contributed by atoms with Crippen molar-refractivity contribution in [2.45, 2.75) is 12.2 Å². The van der Waals surface area contributed by atoms with Crippen LogP contribution in [0.3, 0.4) is 0 Å². The molecule has 76 valence electrons. The quantitative estimate of drug-likeness (QED) is 0.537. The molecular weight excluding hydrogens is 186 g/mol. The topological polar surface area (TPSA) is 90.7 Å². The van der Waals surface area contributed by atoms with Gasteiger partial charge in [-0.25, -0.2) is 0 Å². The number of ketones is 1. The lowest BCUT2D eigenvalue weighted by atomic mass is 10.0. The first kappa shape index (κ1) is 10.8. The minimum Gasteiger partial charge on any atom is -0.394 e. The van der Waals surface area contributed by atoms with E-state index in [2.05, 4.69) is 4.98 Å². The Morgan fingerprint density at radius 2 is 2.21 bits per heavy atom. The third-order valence-electron chi connectivity index (χ3n) is 1.77. The fraction of sp³-hybridized carbons (Fsp3) is 0.333. The molecule has 1 aromatic heterocycles. The minimum absolute atomic E-state index is 0.201. The number of hydrogen-bond donors (Lipinski definition) is 3. The molecular formula is C9H11NO4. The van der Waals surface area contributed by atoms with Crippen LogP contribution in [0.2, 0.25) is 0 Å². The first-order valence-electron chi connectivity index (χ1n) is 4.08. The maximum absolute atomic E-state index is 11.4. The molecule has 3 N–H and O–H groups in total. The van der Waals surface area contributed by atoms with Gasteiger partial charge in [-0.3, -0.25) is 9.78 Å². The molecule has 14 heavy (non-hydrogen) atoms. The summed E-state index contributed by atoms with van der Waals surface area (Å²) in [5.74, 6) is -0.653. The van der Waals surface area contributed by atoms with Crippen LogP contribution in [0.25, 0.3) is 0 Å². The Morgan fingerprint density at radius 1 is 1.50 bits per heavy atom. The molecule has 0 spiro atoms. The van der Waals surface area contributed by atoms with E-state index in [1.807, 2.05) is 0 Å². The van der Waals surface area contributed by atoms with Crippen molar-refractivity contribution in [3.63, 3.8) is 0 Å². The Labute approximate surface area is 80.7 Å². The third-order valence-corrected chi connectivity index (χ3v) is 1.77. The van der Waals surface area contributed by atoms with Crippen molar-refractivity contribution in [2.24, 2.45) is 0 Å². The van der Waals surface area contributed by atoms with Gasteiger partial charge in [-0.1, -0.05) is 0 Å². The van der Waals surface area contributed by atoms with E-state index in [9.17, 15) is 9.90 Å². The number of carbonyl (C=O) groups is 1. The van der Waals surface area contributed by atoms with Crippen molar-refractivity contribution < 1.29 is 20.1 Å². The van der Waals surface area contributed by atoms with Gasteiger partial charge < -0.3 is 15.3 Å². The monoisotopic (exact) mass is 197 g/mol. The van der Waals surface area contributed by atoms with Crippen LogP contribution in [0, 0.1) is 0 Å². The molecule has 0 saturated heterocycles. The van der Waals surface area contributed by atoms with E-state index >= 15 is 0 Å². The average molecular weight is 197 g/mol. The van der Waals surface area contributed by atoms with Gasteiger partial charge in [-0.15, -0.1) is 0 Å². The summed E-state index contributed by atoms with van der Waals surface area (Å²) in [6.07, 6.45) is -0.284. The number of nitrogens with zero attached hydrogens (tertiary/aromatic N) is 1. The molecule has 0 aliphatic heterocycles. The van der Waals surface area contributed by atoms with Crippen LogP contribution in [0.4, 0.5) is 0 Å². The van der Waals surface area contributed by atoms with Gasteiger partial charge in [-0.05, 0) is 12.1 Å². The molecule has 0 radical (unpaired) electrons. The highest BCUT2D eigenvalue weighted by atomic mass is 16.4. The van der Waals surface area contributed by atoms with Gasteiger partial charge in [0.25, 0.3) is 0 Å². The van der Waals surface area contributed by atoms with Crippen LogP contribution in [0.1, 0.15) is 10.4 Å². The van der Waals surface area contributed by atoms with Gasteiger partial charge in [0.15, 0.2) is 5.78 Å². The van der Waals surface area contributed by atoms with E-state index in [0.717, 1.165) is 0 Å². The van der Waals surface area contributed by atoms with Crippen LogP contribution < -0.4 is 0 Å². The number of carbonyl (C=O) groups excluding carboxylic acids is 1. The van der Waals surface area contributed by atoms with Crippen LogP contribution in [-0.2, 0) is 0 Å². The van der Waals surface area contributed by atoms with E-state index < -0.39 is 24.6 Å². The predicted octanol–water partition coefficient (Wildman–Crippen LogP) is -1.02. The Kier molecular flexibility index (Phi) is 3.70. The second-order valence-electron chi connectivity index (χ2n) is 2.80. The molecule has 0 aliphatic carbocycles. The van der Waals surface area contributed by atoms with Gasteiger partial charge in [-0.2, -0.15) is 0 Å². The number of aliphatic hydroxyl groups excluding tert-OH is 3. The Bertz CT molecular complexity index is 301. The SMILES string of the molecule is O=C(c1cccnc1)C(O)C(O)CO. The summed E-state index contributed by atoms with van der Waals surface area (Å²) in [6, 6.07) is 3.02. The number of aromatic nitrogens is 1. The highest BCUT2D eigenvalue weighted by Gasteiger charge is 2.24. The molecule has 0 bridgehead atoms. The van der Waals surface area contributed by atoms with Crippen molar-refractivity contribution >= 4 is 5.78 Å². The zero-order valence-electron chi connectivity index (χ0n) is 7.37. The summed E-state index contributed by atoms with van der Waals surface area (Å²) in [7, 11) is 0. The third kappa shape index (κ3) is 2.35. The molecule has 1 heterocycles. The molecule has 1 rings (SSSR count). The molecule has 0 amide bonds. The average Bonchev–Trinajstić information content (AvgIpc) is 2.27. The lowest BCUT2D eigenvalue weighted by molar-refractivity contribution is -0.00492. The fourth-order valence-electron chi connectivity index (χ4n) is 0.954. The molecule has 2 atom stereocenters. The molecule has 0 aliphatic rings. The van der Waals surface area contributed by atoms with Crippen LogP contribution in [0.5, 0.6) is 0 Å². The standard InChI is InChI=1S/C9H11NO4/c11-5-7(12)9(14)8(13)6-2-1-3-10-4-6/h1-4,7,9,11-12,14H,5H2. The zero-order chi connectivity index (χ0) is 10.6. The largest absolute Gasteiger partial charge is 0.394 e. The summed E-state index contributed by atoms with van der Waals surface area (Å²) >= 11 is 0.